The molecular formula is C25H27FN2O3. The van der Waals surface area contributed by atoms with Gasteiger partial charge in [-0.05, 0) is 35.9 Å². The van der Waals surface area contributed by atoms with E-state index in [1.807, 2.05) is 25.2 Å². The highest BCUT2D eigenvalue weighted by molar-refractivity contribution is 5.76. The van der Waals surface area contributed by atoms with Crippen LogP contribution in [0.1, 0.15) is 17.7 Å². The van der Waals surface area contributed by atoms with Crippen LogP contribution in [0.3, 0.4) is 0 Å². The van der Waals surface area contributed by atoms with Gasteiger partial charge in [-0.25, -0.2) is 4.39 Å². The Kier molecular flexibility index (Phi) is 6.67. The minimum Gasteiger partial charge on any atom is -0.461 e. The zero-order valence-electron chi connectivity index (χ0n) is 17.7. The van der Waals surface area contributed by atoms with Crippen LogP contribution in [0, 0.1) is 5.82 Å². The van der Waals surface area contributed by atoms with Crippen molar-refractivity contribution in [3.8, 4) is 11.3 Å². The van der Waals surface area contributed by atoms with Crippen molar-refractivity contribution in [2.75, 3.05) is 38.3 Å². The number of amides is 1. The summed E-state index contributed by atoms with van der Waals surface area (Å²) in [7, 11) is 1.82. The highest BCUT2D eigenvalue weighted by atomic mass is 19.1. The lowest BCUT2D eigenvalue weighted by Gasteiger charge is -2.31. The molecule has 0 saturated carbocycles. The van der Waals surface area contributed by atoms with E-state index in [0.717, 1.165) is 37.6 Å². The molecule has 4 rings (SSSR count). The monoisotopic (exact) mass is 422 g/mol. The highest BCUT2D eigenvalue weighted by Gasteiger charge is 2.17. The lowest BCUT2D eigenvalue weighted by molar-refractivity contribution is -0.130. The summed E-state index contributed by atoms with van der Waals surface area (Å²) in [5.74, 6) is 0.876. The molecule has 0 bridgehead atoms. The number of morpholine rings is 1. The molecule has 0 unspecified atom stereocenters. The zero-order chi connectivity index (χ0) is 21.6. The maximum absolute atomic E-state index is 13.9. The van der Waals surface area contributed by atoms with E-state index in [4.69, 9.17) is 9.15 Å². The first-order valence-electron chi connectivity index (χ1n) is 10.6. The van der Waals surface area contributed by atoms with Gasteiger partial charge in [0.15, 0.2) is 0 Å². The normalized spacial score (nSPS) is 13.9. The summed E-state index contributed by atoms with van der Waals surface area (Å²) in [5.41, 5.74) is 2.71. The van der Waals surface area contributed by atoms with Crippen LogP contribution in [0.15, 0.2) is 65.1 Å². The molecule has 5 nitrogen and oxygen atoms in total. The Labute approximate surface area is 182 Å². The van der Waals surface area contributed by atoms with Crippen molar-refractivity contribution in [3.05, 3.63) is 77.8 Å². The van der Waals surface area contributed by atoms with Gasteiger partial charge in [0, 0.05) is 45.2 Å². The first-order valence-corrected chi connectivity index (χ1v) is 10.6. The molecule has 2 aromatic carbocycles. The largest absolute Gasteiger partial charge is 0.461 e. The molecule has 0 atom stereocenters. The van der Waals surface area contributed by atoms with E-state index < -0.39 is 0 Å². The number of aryl methyl sites for hydroxylation is 1. The number of hydrogen-bond donors (Lipinski definition) is 0. The Morgan fingerprint density at radius 1 is 1.03 bits per heavy atom. The fourth-order valence-corrected chi connectivity index (χ4v) is 3.84. The SMILES string of the molecule is CN(Cc1ccccc1N1CCOCC1)C(=O)CCc1ccc(-c2ccccc2F)o1. The van der Waals surface area contributed by atoms with E-state index in [9.17, 15) is 9.18 Å². The van der Waals surface area contributed by atoms with Crippen molar-refractivity contribution < 1.29 is 18.3 Å². The molecule has 0 N–H and O–H groups in total. The van der Waals surface area contributed by atoms with Crippen LogP contribution in [0.25, 0.3) is 11.3 Å². The fourth-order valence-electron chi connectivity index (χ4n) is 3.84. The van der Waals surface area contributed by atoms with Crippen molar-refractivity contribution in [3.63, 3.8) is 0 Å². The van der Waals surface area contributed by atoms with Crippen LogP contribution in [-0.2, 0) is 22.5 Å². The molecule has 1 fully saturated rings. The summed E-state index contributed by atoms with van der Waals surface area (Å²) >= 11 is 0. The Hall–Kier alpha value is -3.12. The van der Waals surface area contributed by atoms with E-state index in [1.165, 1.54) is 6.07 Å². The van der Waals surface area contributed by atoms with Gasteiger partial charge >= 0.3 is 0 Å². The van der Waals surface area contributed by atoms with E-state index in [2.05, 4.69) is 17.0 Å². The van der Waals surface area contributed by atoms with Crippen LogP contribution >= 0.6 is 0 Å². The Bertz CT molecular complexity index is 1030. The van der Waals surface area contributed by atoms with E-state index in [1.54, 1.807) is 29.2 Å². The maximum Gasteiger partial charge on any atom is 0.223 e. The van der Waals surface area contributed by atoms with Crippen molar-refractivity contribution in [1.29, 1.82) is 0 Å². The second-order valence-electron chi connectivity index (χ2n) is 7.72. The zero-order valence-corrected chi connectivity index (χ0v) is 17.7. The lowest BCUT2D eigenvalue weighted by atomic mass is 10.1. The first-order chi connectivity index (χ1) is 15.1. The van der Waals surface area contributed by atoms with E-state index in [-0.39, 0.29) is 11.7 Å². The molecule has 0 aliphatic carbocycles. The lowest BCUT2D eigenvalue weighted by Crippen LogP contribution is -2.37. The minimum absolute atomic E-state index is 0.0422. The summed E-state index contributed by atoms with van der Waals surface area (Å²) in [6.07, 6.45) is 0.809. The van der Waals surface area contributed by atoms with Crippen LogP contribution in [0.4, 0.5) is 10.1 Å². The van der Waals surface area contributed by atoms with Gasteiger partial charge in [-0.1, -0.05) is 30.3 Å². The second kappa shape index (κ2) is 9.79. The number of rotatable bonds is 7. The number of anilines is 1. The standard InChI is InChI=1S/C25H27FN2O3/c1-27(18-19-6-2-5-9-23(19)28-14-16-30-17-15-28)25(29)13-11-20-10-12-24(31-20)21-7-3-4-8-22(21)26/h2-10,12H,11,13-18H2,1H3. The van der Waals surface area contributed by atoms with Crippen LogP contribution < -0.4 is 4.90 Å². The second-order valence-corrected chi connectivity index (χ2v) is 7.72. The van der Waals surface area contributed by atoms with Crippen molar-refractivity contribution in [2.24, 2.45) is 0 Å². The third kappa shape index (κ3) is 5.14. The highest BCUT2D eigenvalue weighted by Crippen LogP contribution is 2.26. The Morgan fingerprint density at radius 2 is 1.77 bits per heavy atom. The van der Waals surface area contributed by atoms with Crippen molar-refractivity contribution in [1.82, 2.24) is 4.90 Å². The van der Waals surface area contributed by atoms with Gasteiger partial charge < -0.3 is 19.0 Å². The molecule has 31 heavy (non-hydrogen) atoms. The fraction of sp³-hybridized carbons (Fsp3) is 0.320. The summed E-state index contributed by atoms with van der Waals surface area (Å²) in [6, 6.07) is 18.3. The number of carbonyl (C=O) groups excluding carboxylic acids is 1. The number of ether oxygens (including phenoxy) is 1. The predicted octanol–water partition coefficient (Wildman–Crippen LogP) is 4.51. The van der Waals surface area contributed by atoms with Gasteiger partial charge in [0.1, 0.15) is 17.3 Å². The summed E-state index contributed by atoms with van der Waals surface area (Å²) in [4.78, 5) is 16.8. The number of nitrogens with zero attached hydrogens (tertiary/aromatic N) is 2. The minimum atomic E-state index is -0.321. The van der Waals surface area contributed by atoms with Crippen molar-refractivity contribution in [2.45, 2.75) is 19.4 Å². The summed E-state index contributed by atoms with van der Waals surface area (Å²) < 4.78 is 25.2. The number of benzene rings is 2. The van der Waals surface area contributed by atoms with Gasteiger partial charge in [-0.15, -0.1) is 0 Å². The molecule has 3 aromatic rings. The molecule has 1 aliphatic rings. The number of furan rings is 1. The molecule has 1 aliphatic heterocycles. The van der Waals surface area contributed by atoms with Gasteiger partial charge in [0.2, 0.25) is 5.91 Å². The number of carbonyl (C=O) groups is 1. The van der Waals surface area contributed by atoms with Crippen LogP contribution in [-0.4, -0.2) is 44.2 Å². The third-order valence-electron chi connectivity index (χ3n) is 5.56. The molecule has 162 valence electrons. The molecule has 0 radical (unpaired) electrons. The molecule has 1 amide bonds. The van der Waals surface area contributed by atoms with E-state index >= 15 is 0 Å². The van der Waals surface area contributed by atoms with Crippen LogP contribution in [0.2, 0.25) is 0 Å². The molecule has 1 saturated heterocycles. The van der Waals surface area contributed by atoms with Crippen molar-refractivity contribution >= 4 is 11.6 Å². The molecular weight excluding hydrogens is 395 g/mol. The topological polar surface area (TPSA) is 45.9 Å². The van der Waals surface area contributed by atoms with Gasteiger partial charge in [-0.3, -0.25) is 4.79 Å². The number of para-hydroxylation sites is 1. The Morgan fingerprint density at radius 3 is 2.58 bits per heavy atom. The van der Waals surface area contributed by atoms with Gasteiger partial charge in [0.05, 0.1) is 18.8 Å². The third-order valence-corrected chi connectivity index (χ3v) is 5.56. The average Bonchev–Trinajstić information content (AvgIpc) is 3.27. The van der Waals surface area contributed by atoms with Gasteiger partial charge in [0.25, 0.3) is 0 Å². The molecule has 2 heterocycles. The summed E-state index contributed by atoms with van der Waals surface area (Å²) in [5, 5.41) is 0. The van der Waals surface area contributed by atoms with E-state index in [0.29, 0.717) is 36.5 Å². The van der Waals surface area contributed by atoms with Crippen LogP contribution in [0.5, 0.6) is 0 Å². The first kappa shape index (κ1) is 21.1. The quantitative estimate of drug-likeness (QED) is 0.562. The molecule has 0 spiro atoms. The molecule has 6 heteroatoms. The summed E-state index contributed by atoms with van der Waals surface area (Å²) in [6.45, 7) is 3.71. The number of halogens is 1. The maximum atomic E-state index is 13.9. The Balaban J connectivity index is 1.35. The average molecular weight is 423 g/mol. The number of hydrogen-bond acceptors (Lipinski definition) is 4. The smallest absolute Gasteiger partial charge is 0.223 e. The predicted molar refractivity (Wildman–Crippen MR) is 118 cm³/mol. The van der Waals surface area contributed by atoms with Gasteiger partial charge in [-0.2, -0.15) is 0 Å². The molecule has 1 aromatic heterocycles.